The van der Waals surface area contributed by atoms with Crippen molar-refractivity contribution in [1.82, 2.24) is 10.2 Å². The van der Waals surface area contributed by atoms with E-state index in [1.165, 1.54) is 14.2 Å². The summed E-state index contributed by atoms with van der Waals surface area (Å²) in [6.45, 7) is 2.34. The van der Waals surface area contributed by atoms with E-state index in [1.54, 1.807) is 0 Å². The van der Waals surface area contributed by atoms with Gasteiger partial charge < -0.3 is 15.0 Å². The van der Waals surface area contributed by atoms with Crippen LogP contribution >= 0.6 is 0 Å². The number of esters is 1. The quantitative estimate of drug-likeness (QED) is 0.356. The summed E-state index contributed by atoms with van der Waals surface area (Å²) in [4.78, 5) is 34.2. The molecule has 15 heavy (non-hydrogen) atoms. The molecule has 0 aromatic heterocycles. The molecular formula is C9H16N2O4. The van der Waals surface area contributed by atoms with Crippen molar-refractivity contribution >= 4 is 18.3 Å². The van der Waals surface area contributed by atoms with Gasteiger partial charge in [-0.15, -0.1) is 0 Å². The van der Waals surface area contributed by atoms with Gasteiger partial charge in [-0.2, -0.15) is 0 Å². The summed E-state index contributed by atoms with van der Waals surface area (Å²) in [5.74, 6) is -1.28. The smallest absolute Gasteiger partial charge is 0.338 e. The van der Waals surface area contributed by atoms with Gasteiger partial charge in [-0.1, -0.05) is 6.92 Å². The Labute approximate surface area is 88.6 Å². The molecule has 0 aromatic carbocycles. The molecule has 6 nitrogen and oxygen atoms in total. The van der Waals surface area contributed by atoms with Gasteiger partial charge in [-0.25, -0.2) is 4.79 Å². The van der Waals surface area contributed by atoms with Crippen LogP contribution in [0.5, 0.6) is 0 Å². The fourth-order valence-electron chi connectivity index (χ4n) is 0.976. The van der Waals surface area contributed by atoms with Crippen molar-refractivity contribution in [2.45, 2.75) is 19.4 Å². The summed E-state index contributed by atoms with van der Waals surface area (Å²) in [5.41, 5.74) is 0. The molecule has 0 fully saturated rings. The van der Waals surface area contributed by atoms with E-state index in [2.05, 4.69) is 10.1 Å². The van der Waals surface area contributed by atoms with E-state index in [0.717, 1.165) is 11.3 Å². The predicted octanol–water partition coefficient (Wildman–Crippen LogP) is -0.858. The number of nitrogens with one attached hydrogen (secondary N) is 1. The molecule has 0 aliphatic rings. The molecule has 0 aromatic rings. The maximum Gasteiger partial charge on any atom is 0.338 e. The highest BCUT2D eigenvalue weighted by Crippen LogP contribution is 1.97. The summed E-state index contributed by atoms with van der Waals surface area (Å²) >= 11 is 0. The van der Waals surface area contributed by atoms with Crippen LogP contribution in [-0.4, -0.2) is 49.9 Å². The fourth-order valence-corrected chi connectivity index (χ4v) is 0.976. The maximum atomic E-state index is 11.5. The van der Waals surface area contributed by atoms with Crippen molar-refractivity contribution in [3.8, 4) is 0 Å². The Morgan fingerprint density at radius 1 is 1.53 bits per heavy atom. The number of amides is 2. The average molecular weight is 216 g/mol. The highest BCUT2D eigenvalue weighted by atomic mass is 16.5. The van der Waals surface area contributed by atoms with E-state index < -0.39 is 17.9 Å². The molecular weight excluding hydrogens is 200 g/mol. The van der Waals surface area contributed by atoms with Gasteiger partial charge in [0.1, 0.15) is 0 Å². The summed E-state index contributed by atoms with van der Waals surface area (Å²) in [7, 11) is 2.52. The fraction of sp³-hybridized carbons (Fsp3) is 0.667. The number of ether oxygens (including phenoxy) is 1. The van der Waals surface area contributed by atoms with E-state index in [1.807, 2.05) is 6.92 Å². The van der Waals surface area contributed by atoms with Crippen molar-refractivity contribution in [1.29, 1.82) is 0 Å². The lowest BCUT2D eigenvalue weighted by molar-refractivity contribution is -0.153. The third-order valence-corrected chi connectivity index (χ3v) is 1.80. The highest BCUT2D eigenvalue weighted by Gasteiger charge is 2.30. The molecule has 0 heterocycles. The van der Waals surface area contributed by atoms with Gasteiger partial charge in [0.2, 0.25) is 12.5 Å². The molecule has 1 N–H and O–H groups in total. The van der Waals surface area contributed by atoms with Crippen LogP contribution in [0.3, 0.4) is 0 Å². The number of rotatable bonds is 6. The van der Waals surface area contributed by atoms with Crippen LogP contribution in [0.1, 0.15) is 13.3 Å². The van der Waals surface area contributed by atoms with Gasteiger partial charge in [-0.3, -0.25) is 9.59 Å². The normalized spacial score (nSPS) is 11.4. The molecule has 0 rings (SSSR count). The Kier molecular flexibility index (Phi) is 6.08. The van der Waals surface area contributed by atoms with E-state index >= 15 is 0 Å². The zero-order valence-corrected chi connectivity index (χ0v) is 9.15. The number of likely N-dealkylation sites (N-methyl/N-ethyl adjacent to an activating group) is 1. The number of hydrogen-bond acceptors (Lipinski definition) is 4. The van der Waals surface area contributed by atoms with E-state index in [-0.39, 0.29) is 0 Å². The predicted molar refractivity (Wildman–Crippen MR) is 52.9 cm³/mol. The van der Waals surface area contributed by atoms with Crippen LogP contribution in [0.2, 0.25) is 0 Å². The molecule has 0 radical (unpaired) electrons. The van der Waals surface area contributed by atoms with Gasteiger partial charge >= 0.3 is 5.97 Å². The van der Waals surface area contributed by atoms with Gasteiger partial charge in [-0.05, 0) is 6.42 Å². The first-order valence-corrected chi connectivity index (χ1v) is 4.61. The van der Waals surface area contributed by atoms with Crippen LogP contribution < -0.4 is 5.32 Å². The molecule has 2 amide bonds. The van der Waals surface area contributed by atoms with Gasteiger partial charge in [0.15, 0.2) is 0 Å². The van der Waals surface area contributed by atoms with Gasteiger partial charge in [0, 0.05) is 13.6 Å². The molecule has 86 valence electrons. The van der Waals surface area contributed by atoms with Crippen LogP contribution in [0.25, 0.3) is 0 Å². The van der Waals surface area contributed by atoms with Crippen LogP contribution in [-0.2, 0) is 19.1 Å². The van der Waals surface area contributed by atoms with Crippen LogP contribution in [0.15, 0.2) is 0 Å². The first kappa shape index (κ1) is 13.4. The van der Waals surface area contributed by atoms with Crippen molar-refractivity contribution in [2.75, 3.05) is 20.7 Å². The minimum atomic E-state index is -1.21. The zero-order valence-electron chi connectivity index (χ0n) is 9.15. The first-order valence-electron chi connectivity index (χ1n) is 4.61. The second kappa shape index (κ2) is 6.80. The molecule has 1 atom stereocenters. The first-order chi connectivity index (χ1) is 7.08. The molecule has 0 aliphatic heterocycles. The molecule has 0 aliphatic carbocycles. The Morgan fingerprint density at radius 3 is 2.53 bits per heavy atom. The Bertz CT molecular complexity index is 242. The lowest BCUT2D eigenvalue weighted by Gasteiger charge is -2.20. The second-order valence-electron chi connectivity index (χ2n) is 2.99. The number of nitrogens with zero attached hydrogens (tertiary/aromatic N) is 1. The number of carbonyl (C=O) groups is 3. The van der Waals surface area contributed by atoms with Crippen molar-refractivity contribution in [3.05, 3.63) is 0 Å². The topological polar surface area (TPSA) is 75.7 Å². The molecule has 0 saturated carbocycles. The number of carbonyl (C=O) groups excluding carboxylic acids is 3. The Hall–Kier alpha value is -1.59. The molecule has 0 bridgehead atoms. The molecule has 0 saturated heterocycles. The summed E-state index contributed by atoms with van der Waals surface area (Å²) in [6, 6.07) is -1.21. The highest BCUT2D eigenvalue weighted by molar-refractivity contribution is 6.03. The average Bonchev–Trinajstić information content (AvgIpc) is 2.25. The summed E-state index contributed by atoms with van der Waals surface area (Å²) in [5, 5.41) is 2.52. The minimum Gasteiger partial charge on any atom is -0.467 e. The summed E-state index contributed by atoms with van der Waals surface area (Å²) in [6.07, 6.45) is 1.16. The van der Waals surface area contributed by atoms with Gasteiger partial charge in [0.25, 0.3) is 5.91 Å². The largest absolute Gasteiger partial charge is 0.467 e. The Balaban J connectivity index is 4.54. The lowest BCUT2D eigenvalue weighted by atomic mass is 10.2. The molecule has 1 unspecified atom stereocenters. The third-order valence-electron chi connectivity index (χ3n) is 1.80. The molecule has 6 heteroatoms. The van der Waals surface area contributed by atoms with Gasteiger partial charge in [0.05, 0.1) is 7.11 Å². The van der Waals surface area contributed by atoms with Crippen LogP contribution in [0, 0.1) is 0 Å². The second-order valence-corrected chi connectivity index (χ2v) is 2.99. The maximum absolute atomic E-state index is 11.5. The lowest BCUT2D eigenvalue weighted by Crippen LogP contribution is -2.50. The van der Waals surface area contributed by atoms with Crippen molar-refractivity contribution < 1.29 is 19.1 Å². The van der Waals surface area contributed by atoms with Crippen molar-refractivity contribution in [3.63, 3.8) is 0 Å². The molecule has 0 spiro atoms. The Morgan fingerprint density at radius 2 is 2.13 bits per heavy atom. The summed E-state index contributed by atoms with van der Waals surface area (Å²) < 4.78 is 4.44. The van der Waals surface area contributed by atoms with E-state index in [4.69, 9.17) is 0 Å². The minimum absolute atomic E-state index is 0.410. The van der Waals surface area contributed by atoms with Crippen molar-refractivity contribution in [2.24, 2.45) is 0 Å². The monoisotopic (exact) mass is 216 g/mol. The third kappa shape index (κ3) is 3.97. The van der Waals surface area contributed by atoms with E-state index in [9.17, 15) is 14.4 Å². The number of hydrogen-bond donors (Lipinski definition) is 1. The number of methoxy groups -OCH3 is 1. The standard InChI is InChI=1S/C9H16N2O4/c1-4-5-10-8(13)7(9(14)15-3)11(2)6-12/h6-7H,4-5H2,1-3H3,(H,10,13). The SMILES string of the molecule is CCCNC(=O)C(C(=O)OC)N(C)C=O. The van der Waals surface area contributed by atoms with E-state index in [0.29, 0.717) is 13.0 Å². The zero-order chi connectivity index (χ0) is 11.8. The van der Waals surface area contributed by atoms with Crippen LogP contribution in [0.4, 0.5) is 0 Å².